The summed E-state index contributed by atoms with van der Waals surface area (Å²) in [6, 6.07) is 5.88. The molecule has 1 aromatic rings. The Balaban J connectivity index is 2.19. The third-order valence-corrected chi connectivity index (χ3v) is 3.13. The number of hydrogen-bond donors (Lipinski definition) is 2. The summed E-state index contributed by atoms with van der Waals surface area (Å²) in [4.78, 5) is 1.15. The normalized spacial score (nSPS) is 16.1. The van der Waals surface area contributed by atoms with Gasteiger partial charge in [-0.15, -0.1) is 0 Å². The van der Waals surface area contributed by atoms with Crippen LogP contribution in [0.1, 0.15) is 18.0 Å². The van der Waals surface area contributed by atoms with Crippen LogP contribution in [0, 0.1) is 0 Å². The molecule has 0 spiro atoms. The topological polar surface area (TPSA) is 55.5 Å². The first kappa shape index (κ1) is 9.83. The Kier molecular flexibility index (Phi) is 2.96. The molecule has 4 heteroatoms. The molecule has 1 aliphatic rings. The third-order valence-electron chi connectivity index (χ3n) is 2.26. The predicted octanol–water partition coefficient (Wildman–Crippen LogP) is 1.51. The highest BCUT2D eigenvalue weighted by Gasteiger charge is 2.14. The van der Waals surface area contributed by atoms with Crippen molar-refractivity contribution in [1.29, 1.82) is 0 Å². The second-order valence-electron chi connectivity index (χ2n) is 3.23. The molecule has 0 radical (unpaired) electrons. The molecule has 1 atom stereocenters. The number of nitrogens with two attached hydrogens (primary N) is 1. The molecule has 0 fully saturated rings. The maximum Gasteiger partial charge on any atom is 0.138 e. The van der Waals surface area contributed by atoms with Crippen molar-refractivity contribution in [3.8, 4) is 5.75 Å². The van der Waals surface area contributed by atoms with Crippen LogP contribution in [0.15, 0.2) is 23.1 Å². The van der Waals surface area contributed by atoms with E-state index in [1.165, 1.54) is 0 Å². The van der Waals surface area contributed by atoms with Gasteiger partial charge in [0.2, 0.25) is 0 Å². The molecule has 14 heavy (non-hydrogen) atoms. The van der Waals surface area contributed by atoms with Gasteiger partial charge in [-0.1, -0.05) is 17.8 Å². The number of hydrogen-bond acceptors (Lipinski definition) is 4. The van der Waals surface area contributed by atoms with Crippen LogP contribution in [0.4, 0.5) is 0 Å². The SMILES string of the molecule is NC(CCO)c1ccc2c(c1)SCO2. The predicted molar refractivity (Wildman–Crippen MR) is 56.4 cm³/mol. The standard InChI is InChI=1S/C10H13NO2S/c11-8(3-4-12)7-1-2-9-10(5-7)14-6-13-9/h1-2,5,8,12H,3-4,6,11H2. The van der Waals surface area contributed by atoms with E-state index >= 15 is 0 Å². The highest BCUT2D eigenvalue weighted by Crippen LogP contribution is 2.37. The lowest BCUT2D eigenvalue weighted by molar-refractivity contribution is 0.276. The molecule has 1 heterocycles. The molecule has 0 aromatic heterocycles. The van der Waals surface area contributed by atoms with Crippen molar-refractivity contribution in [1.82, 2.24) is 0 Å². The van der Waals surface area contributed by atoms with Crippen molar-refractivity contribution >= 4 is 11.8 Å². The van der Waals surface area contributed by atoms with E-state index in [-0.39, 0.29) is 12.6 Å². The maximum absolute atomic E-state index is 8.78. The van der Waals surface area contributed by atoms with Crippen molar-refractivity contribution < 1.29 is 9.84 Å². The minimum atomic E-state index is -0.0773. The first-order valence-corrected chi connectivity index (χ1v) is 5.56. The quantitative estimate of drug-likeness (QED) is 0.795. The van der Waals surface area contributed by atoms with Crippen molar-refractivity contribution in [2.45, 2.75) is 17.4 Å². The number of aliphatic hydroxyl groups excluding tert-OH is 1. The Morgan fingerprint density at radius 2 is 2.43 bits per heavy atom. The molecule has 0 saturated heterocycles. The smallest absolute Gasteiger partial charge is 0.138 e. The minimum Gasteiger partial charge on any atom is -0.481 e. The van der Waals surface area contributed by atoms with Gasteiger partial charge in [0, 0.05) is 12.6 Å². The second-order valence-corrected chi connectivity index (χ2v) is 4.20. The van der Waals surface area contributed by atoms with E-state index in [4.69, 9.17) is 15.6 Å². The Morgan fingerprint density at radius 3 is 3.21 bits per heavy atom. The van der Waals surface area contributed by atoms with Crippen LogP contribution in [0.25, 0.3) is 0 Å². The Hall–Kier alpha value is -0.710. The molecule has 2 rings (SSSR count). The lowest BCUT2D eigenvalue weighted by Gasteiger charge is -2.10. The maximum atomic E-state index is 8.78. The number of aliphatic hydroxyl groups is 1. The number of benzene rings is 1. The summed E-state index contributed by atoms with van der Waals surface area (Å²) in [5.41, 5.74) is 6.96. The summed E-state index contributed by atoms with van der Waals surface area (Å²) >= 11 is 1.68. The van der Waals surface area contributed by atoms with Crippen molar-refractivity contribution in [3.63, 3.8) is 0 Å². The van der Waals surface area contributed by atoms with Gasteiger partial charge in [-0.25, -0.2) is 0 Å². The monoisotopic (exact) mass is 211 g/mol. The molecule has 1 aromatic carbocycles. The van der Waals surface area contributed by atoms with Crippen molar-refractivity contribution in [2.75, 3.05) is 12.5 Å². The minimum absolute atomic E-state index is 0.0773. The zero-order valence-electron chi connectivity index (χ0n) is 7.77. The van der Waals surface area contributed by atoms with Crippen LogP contribution in [-0.2, 0) is 0 Å². The fraction of sp³-hybridized carbons (Fsp3) is 0.400. The summed E-state index contributed by atoms with van der Waals surface area (Å²) in [7, 11) is 0. The fourth-order valence-electron chi connectivity index (χ4n) is 1.45. The first-order chi connectivity index (χ1) is 6.81. The van der Waals surface area contributed by atoms with E-state index in [0.717, 1.165) is 16.2 Å². The van der Waals surface area contributed by atoms with Crippen molar-refractivity contribution in [3.05, 3.63) is 23.8 Å². The molecule has 0 saturated carbocycles. The highest BCUT2D eigenvalue weighted by molar-refractivity contribution is 7.99. The molecule has 3 nitrogen and oxygen atoms in total. The Bertz CT molecular complexity index is 330. The Morgan fingerprint density at radius 1 is 1.57 bits per heavy atom. The molecular weight excluding hydrogens is 198 g/mol. The second kappa shape index (κ2) is 4.21. The van der Waals surface area contributed by atoms with E-state index in [1.54, 1.807) is 11.8 Å². The lowest BCUT2D eigenvalue weighted by Crippen LogP contribution is -2.11. The number of thioether (sulfide) groups is 1. The molecule has 0 bridgehead atoms. The molecule has 3 N–H and O–H groups in total. The molecule has 1 aliphatic heterocycles. The number of fused-ring (bicyclic) bond motifs is 1. The van der Waals surface area contributed by atoms with Crippen LogP contribution in [0.3, 0.4) is 0 Å². The van der Waals surface area contributed by atoms with Gasteiger partial charge in [0.15, 0.2) is 0 Å². The summed E-state index contributed by atoms with van der Waals surface area (Å²) in [6.45, 7) is 0.127. The van der Waals surface area contributed by atoms with Gasteiger partial charge in [0.1, 0.15) is 11.7 Å². The summed E-state index contributed by atoms with van der Waals surface area (Å²) in [5, 5.41) is 8.78. The molecular formula is C10H13NO2S. The van der Waals surface area contributed by atoms with E-state index in [1.807, 2.05) is 18.2 Å². The number of ether oxygens (including phenoxy) is 1. The van der Waals surface area contributed by atoms with Crippen LogP contribution < -0.4 is 10.5 Å². The van der Waals surface area contributed by atoms with Gasteiger partial charge in [0.25, 0.3) is 0 Å². The van der Waals surface area contributed by atoms with Crippen LogP contribution in [0.5, 0.6) is 5.75 Å². The molecule has 76 valence electrons. The fourth-order valence-corrected chi connectivity index (χ4v) is 2.25. The molecule has 1 unspecified atom stereocenters. The van der Waals surface area contributed by atoms with Gasteiger partial charge in [-0.05, 0) is 24.1 Å². The zero-order chi connectivity index (χ0) is 9.97. The summed E-state index contributed by atoms with van der Waals surface area (Å²) in [6.07, 6.45) is 0.601. The van der Waals surface area contributed by atoms with Gasteiger partial charge < -0.3 is 15.6 Å². The van der Waals surface area contributed by atoms with E-state index < -0.39 is 0 Å². The van der Waals surface area contributed by atoms with Gasteiger partial charge in [-0.2, -0.15) is 0 Å². The average Bonchev–Trinajstić information content (AvgIpc) is 2.64. The van der Waals surface area contributed by atoms with Gasteiger partial charge in [-0.3, -0.25) is 0 Å². The number of rotatable bonds is 3. The van der Waals surface area contributed by atoms with Gasteiger partial charge >= 0.3 is 0 Å². The van der Waals surface area contributed by atoms with Gasteiger partial charge in [0.05, 0.1) is 4.90 Å². The van der Waals surface area contributed by atoms with Crippen LogP contribution in [-0.4, -0.2) is 17.7 Å². The molecule has 0 aliphatic carbocycles. The Labute approximate surface area is 87.3 Å². The zero-order valence-corrected chi connectivity index (χ0v) is 8.59. The van der Waals surface area contributed by atoms with Crippen LogP contribution in [0.2, 0.25) is 0 Å². The van der Waals surface area contributed by atoms with Crippen molar-refractivity contribution in [2.24, 2.45) is 5.73 Å². The van der Waals surface area contributed by atoms with E-state index in [0.29, 0.717) is 12.4 Å². The summed E-state index contributed by atoms with van der Waals surface area (Å²) < 4.78 is 5.37. The first-order valence-electron chi connectivity index (χ1n) is 4.57. The lowest BCUT2D eigenvalue weighted by atomic mass is 10.1. The summed E-state index contributed by atoms with van der Waals surface area (Å²) in [5.74, 6) is 1.63. The largest absolute Gasteiger partial charge is 0.481 e. The third kappa shape index (κ3) is 1.87. The molecule has 0 amide bonds. The van der Waals surface area contributed by atoms with Crippen LogP contribution >= 0.6 is 11.8 Å². The average molecular weight is 211 g/mol. The van der Waals surface area contributed by atoms with E-state index in [9.17, 15) is 0 Å². The van der Waals surface area contributed by atoms with E-state index in [2.05, 4.69) is 0 Å². The highest BCUT2D eigenvalue weighted by atomic mass is 32.2.